The zero-order valence-electron chi connectivity index (χ0n) is 8.67. The van der Waals surface area contributed by atoms with Gasteiger partial charge in [0.2, 0.25) is 5.96 Å². The van der Waals surface area contributed by atoms with Crippen molar-refractivity contribution in [3.63, 3.8) is 0 Å². The predicted molar refractivity (Wildman–Crippen MR) is 67.3 cm³/mol. The Labute approximate surface area is 111 Å². The summed E-state index contributed by atoms with van der Waals surface area (Å²) in [6.45, 7) is 0. The van der Waals surface area contributed by atoms with Gasteiger partial charge in [0, 0.05) is 5.02 Å². The average molecular weight is 292 g/mol. The van der Waals surface area contributed by atoms with Crippen LogP contribution in [-0.2, 0) is 0 Å². The largest absolute Gasteiger partial charge is 0.367 e. The Morgan fingerprint density at radius 1 is 1.56 bits per heavy atom. The molecule has 0 saturated carbocycles. The van der Waals surface area contributed by atoms with E-state index in [1.54, 1.807) is 0 Å². The Morgan fingerprint density at radius 2 is 2.22 bits per heavy atom. The summed E-state index contributed by atoms with van der Waals surface area (Å²) >= 11 is 11.4. The van der Waals surface area contributed by atoms with Crippen LogP contribution in [0.15, 0.2) is 22.3 Å². The minimum Gasteiger partial charge on any atom is -0.367 e. The summed E-state index contributed by atoms with van der Waals surface area (Å²) in [5.74, 6) is -0.373. The van der Waals surface area contributed by atoms with E-state index < -0.39 is 4.92 Å². The van der Waals surface area contributed by atoms with E-state index >= 15 is 0 Å². The fourth-order valence-corrected chi connectivity index (χ4v) is 1.63. The molecule has 1 aromatic carbocycles. The first kappa shape index (κ1) is 14.2. The van der Waals surface area contributed by atoms with Gasteiger partial charge in [-0.15, -0.1) is 5.10 Å². The van der Waals surface area contributed by atoms with Gasteiger partial charge in [-0.3, -0.25) is 15.3 Å². The Hall–Kier alpha value is -1.90. The van der Waals surface area contributed by atoms with E-state index in [2.05, 4.69) is 10.2 Å². The molecule has 1 rings (SSSR count). The zero-order valence-corrected chi connectivity index (χ0v) is 10.2. The minimum atomic E-state index is -0.669. The number of guanidine groups is 1. The summed E-state index contributed by atoms with van der Waals surface area (Å²) in [6.07, 6.45) is 1.04. The van der Waals surface area contributed by atoms with Crippen molar-refractivity contribution in [1.29, 1.82) is 0 Å². The van der Waals surface area contributed by atoms with Crippen molar-refractivity contribution < 1.29 is 10.1 Å². The van der Waals surface area contributed by atoms with Gasteiger partial charge in [0.15, 0.2) is 0 Å². The third-order valence-corrected chi connectivity index (χ3v) is 2.22. The molecule has 0 spiro atoms. The Kier molecular flexibility index (Phi) is 4.84. The number of nitrogens with zero attached hydrogens (tertiary/aromatic N) is 3. The first-order chi connectivity index (χ1) is 8.45. The van der Waals surface area contributed by atoms with Crippen molar-refractivity contribution in [2.75, 3.05) is 0 Å². The Morgan fingerprint density at radius 3 is 2.78 bits per heavy atom. The van der Waals surface area contributed by atoms with Crippen molar-refractivity contribution >= 4 is 41.1 Å². The lowest BCUT2D eigenvalue weighted by atomic mass is 10.2. The number of nitro groups is 1. The highest BCUT2D eigenvalue weighted by molar-refractivity contribution is 6.36. The lowest BCUT2D eigenvalue weighted by Crippen LogP contribution is -2.27. The van der Waals surface area contributed by atoms with E-state index in [0.717, 1.165) is 6.21 Å². The highest BCUT2D eigenvalue weighted by Gasteiger charge is 2.18. The monoisotopic (exact) mass is 291 g/mol. The second kappa shape index (κ2) is 6.15. The van der Waals surface area contributed by atoms with Crippen LogP contribution in [0, 0.1) is 10.1 Å². The number of nitrogens with two attached hydrogens (primary N) is 1. The van der Waals surface area contributed by atoms with Gasteiger partial charge in [-0.1, -0.05) is 23.2 Å². The van der Waals surface area contributed by atoms with Gasteiger partial charge < -0.3 is 5.73 Å². The number of nitro benzene ring substituents is 1. The zero-order chi connectivity index (χ0) is 13.7. The van der Waals surface area contributed by atoms with E-state index in [4.69, 9.17) is 34.1 Å². The first-order valence-corrected chi connectivity index (χ1v) is 5.11. The summed E-state index contributed by atoms with van der Waals surface area (Å²) in [4.78, 5) is 10.1. The number of hydrogen-bond donors (Lipinski definition) is 3. The van der Waals surface area contributed by atoms with Crippen LogP contribution in [0.1, 0.15) is 5.56 Å². The van der Waals surface area contributed by atoms with Gasteiger partial charge in [0.1, 0.15) is 5.02 Å². The van der Waals surface area contributed by atoms with E-state index in [0.29, 0.717) is 0 Å². The fraction of sp³-hybridized carbons (Fsp3) is 0. The summed E-state index contributed by atoms with van der Waals surface area (Å²) in [6, 6.07) is 2.54. The van der Waals surface area contributed by atoms with Crippen LogP contribution in [-0.4, -0.2) is 22.3 Å². The van der Waals surface area contributed by atoms with Crippen molar-refractivity contribution in [3.05, 3.63) is 37.9 Å². The van der Waals surface area contributed by atoms with Gasteiger partial charge in [0.25, 0.3) is 5.69 Å². The fourth-order valence-electron chi connectivity index (χ4n) is 1.05. The van der Waals surface area contributed by atoms with Gasteiger partial charge in [0.05, 0.1) is 16.7 Å². The van der Waals surface area contributed by atoms with Gasteiger partial charge in [-0.2, -0.15) is 5.10 Å². The molecule has 18 heavy (non-hydrogen) atoms. The molecule has 0 heterocycles. The smallest absolute Gasteiger partial charge is 0.296 e. The number of hydrogen-bond acceptors (Lipinski definition) is 5. The second-order valence-electron chi connectivity index (χ2n) is 2.92. The number of rotatable bonds is 3. The maximum absolute atomic E-state index is 10.8. The topological polar surface area (TPSA) is 126 Å². The van der Waals surface area contributed by atoms with Crippen LogP contribution in [0.3, 0.4) is 0 Å². The standard InChI is InChI=1S/C8H7Cl2N5O3/c9-5-1-4(3-12-13-8(11)14-16)7(15(17)18)6(10)2-5/h1-3,16H,(H3,11,13,14). The lowest BCUT2D eigenvalue weighted by molar-refractivity contribution is -0.384. The molecule has 8 nitrogen and oxygen atoms in total. The molecule has 96 valence electrons. The molecular weight excluding hydrogens is 285 g/mol. The van der Waals surface area contributed by atoms with Crippen molar-refractivity contribution in [1.82, 2.24) is 5.48 Å². The molecule has 0 radical (unpaired) electrons. The number of hydroxylamine groups is 1. The third kappa shape index (κ3) is 3.55. The van der Waals surface area contributed by atoms with E-state index in [1.165, 1.54) is 17.6 Å². The number of benzene rings is 1. The number of halogens is 2. The van der Waals surface area contributed by atoms with E-state index in [1.807, 2.05) is 0 Å². The van der Waals surface area contributed by atoms with Crippen LogP contribution in [0.25, 0.3) is 0 Å². The molecule has 4 N–H and O–H groups in total. The van der Waals surface area contributed by atoms with Gasteiger partial charge >= 0.3 is 0 Å². The maximum Gasteiger partial charge on any atom is 0.296 e. The molecule has 10 heteroatoms. The maximum atomic E-state index is 10.8. The molecule has 0 aliphatic carbocycles. The third-order valence-electron chi connectivity index (χ3n) is 1.72. The number of nitrogens with one attached hydrogen (secondary N) is 1. The summed E-state index contributed by atoms with van der Waals surface area (Å²) < 4.78 is 0. The summed E-state index contributed by atoms with van der Waals surface area (Å²) in [7, 11) is 0. The van der Waals surface area contributed by atoms with Crippen LogP contribution < -0.4 is 11.2 Å². The first-order valence-electron chi connectivity index (χ1n) is 4.35. The van der Waals surface area contributed by atoms with Crippen LogP contribution in [0.2, 0.25) is 10.0 Å². The van der Waals surface area contributed by atoms with Crippen molar-refractivity contribution in [2.24, 2.45) is 15.9 Å². The minimum absolute atomic E-state index is 0.0620. The summed E-state index contributed by atoms with van der Waals surface area (Å²) in [5.41, 5.74) is 6.33. The molecule has 0 aliphatic heterocycles. The second-order valence-corrected chi connectivity index (χ2v) is 3.77. The molecule has 0 unspecified atom stereocenters. The summed E-state index contributed by atoms with van der Waals surface area (Å²) in [5, 5.41) is 26.0. The van der Waals surface area contributed by atoms with Crippen LogP contribution >= 0.6 is 23.2 Å². The SMILES string of the molecule is NC(=NN=Cc1cc(Cl)cc(Cl)c1[N+](=O)[O-])NO. The molecule has 0 aromatic heterocycles. The Bertz CT molecular complexity index is 532. The highest BCUT2D eigenvalue weighted by Crippen LogP contribution is 2.30. The quantitative estimate of drug-likeness (QED) is 0.337. The molecule has 0 amide bonds. The Balaban J connectivity index is 3.19. The molecular formula is C8H7Cl2N5O3. The molecule has 0 atom stereocenters. The van der Waals surface area contributed by atoms with E-state index in [-0.39, 0.29) is 27.3 Å². The lowest BCUT2D eigenvalue weighted by Gasteiger charge is -2.00. The molecule has 0 saturated heterocycles. The predicted octanol–water partition coefficient (Wildman–Crippen LogP) is 1.53. The molecule has 0 bridgehead atoms. The van der Waals surface area contributed by atoms with Crippen LogP contribution in [0.4, 0.5) is 5.69 Å². The molecule has 0 aliphatic rings. The van der Waals surface area contributed by atoms with Crippen LogP contribution in [0.5, 0.6) is 0 Å². The van der Waals surface area contributed by atoms with Gasteiger partial charge in [-0.05, 0) is 12.1 Å². The van der Waals surface area contributed by atoms with E-state index in [9.17, 15) is 10.1 Å². The molecule has 0 fully saturated rings. The molecule has 1 aromatic rings. The van der Waals surface area contributed by atoms with Crippen molar-refractivity contribution in [3.8, 4) is 0 Å². The van der Waals surface area contributed by atoms with Crippen molar-refractivity contribution in [2.45, 2.75) is 0 Å². The average Bonchev–Trinajstić information content (AvgIpc) is 2.27. The highest BCUT2D eigenvalue weighted by atomic mass is 35.5. The normalized spacial score (nSPS) is 11.8. The van der Waals surface area contributed by atoms with Gasteiger partial charge in [-0.25, -0.2) is 5.48 Å².